The number of nitrogens with one attached hydrogen (secondary N) is 1. The van der Waals surface area contributed by atoms with E-state index >= 15 is 0 Å². The van der Waals surface area contributed by atoms with Gasteiger partial charge in [0, 0.05) is 37.8 Å². The molecule has 3 N–H and O–H groups in total. The standard InChI is InChI=1S/C16H19N3O5/c1-6-11(17)14(22)10-8(5-24-7(2)20)16(23-3)15-9(18-15)4-19(16)12(10)13(6)21/h8-9,15,18H,4-5,17H2,1-3H3/t8-,9+,15+,16?/m1/s1. The molecule has 8 nitrogen and oxygen atoms in total. The molecule has 0 radical (unpaired) electrons. The Hall–Kier alpha value is -2.19. The van der Waals surface area contributed by atoms with Gasteiger partial charge in [0.1, 0.15) is 6.61 Å². The maximum atomic E-state index is 12.8. The molecule has 4 atom stereocenters. The van der Waals surface area contributed by atoms with Crippen LogP contribution in [0, 0.1) is 5.92 Å². The lowest BCUT2D eigenvalue weighted by Gasteiger charge is -2.39. The molecule has 2 saturated heterocycles. The molecule has 128 valence electrons. The van der Waals surface area contributed by atoms with Crippen molar-refractivity contribution in [2.45, 2.75) is 31.7 Å². The lowest BCUT2D eigenvalue weighted by Crippen LogP contribution is -2.55. The quantitative estimate of drug-likeness (QED) is 0.376. The summed E-state index contributed by atoms with van der Waals surface area (Å²) in [5.74, 6) is -1.64. The van der Waals surface area contributed by atoms with Crippen molar-refractivity contribution >= 4 is 17.5 Å². The topological polar surface area (TPSA) is 121 Å². The zero-order chi connectivity index (χ0) is 17.4. The molecule has 0 aromatic carbocycles. The van der Waals surface area contributed by atoms with Crippen LogP contribution in [-0.4, -0.2) is 60.5 Å². The largest absolute Gasteiger partial charge is 0.465 e. The minimum absolute atomic E-state index is 0.0178. The van der Waals surface area contributed by atoms with Gasteiger partial charge in [0.05, 0.1) is 23.4 Å². The van der Waals surface area contributed by atoms with Crippen LogP contribution in [0.3, 0.4) is 0 Å². The van der Waals surface area contributed by atoms with Crippen LogP contribution < -0.4 is 11.1 Å². The molecule has 2 fully saturated rings. The summed E-state index contributed by atoms with van der Waals surface area (Å²) in [6, 6.07) is 0.182. The molecule has 0 aromatic rings. The van der Waals surface area contributed by atoms with Gasteiger partial charge in [-0.3, -0.25) is 14.4 Å². The van der Waals surface area contributed by atoms with Gasteiger partial charge < -0.3 is 25.4 Å². The number of esters is 1. The molecule has 3 heterocycles. The predicted molar refractivity (Wildman–Crippen MR) is 81.2 cm³/mol. The van der Waals surface area contributed by atoms with E-state index in [1.54, 1.807) is 14.0 Å². The second kappa shape index (κ2) is 4.67. The van der Waals surface area contributed by atoms with E-state index in [0.717, 1.165) is 0 Å². The summed E-state index contributed by atoms with van der Waals surface area (Å²) in [6.45, 7) is 3.40. The fraction of sp³-hybridized carbons (Fsp3) is 0.562. The van der Waals surface area contributed by atoms with Gasteiger partial charge in [-0.1, -0.05) is 0 Å². The number of Topliss-reactive ketones (excluding diaryl/α,β-unsaturated/α-hetero) is 2. The Bertz CT molecular complexity index is 755. The molecule has 1 aliphatic carbocycles. The number of carbonyl (C=O) groups excluding carboxylic acids is 3. The monoisotopic (exact) mass is 333 g/mol. The van der Waals surface area contributed by atoms with E-state index in [4.69, 9.17) is 15.2 Å². The van der Waals surface area contributed by atoms with E-state index < -0.39 is 17.6 Å². The molecular weight excluding hydrogens is 314 g/mol. The van der Waals surface area contributed by atoms with Gasteiger partial charge in [-0.2, -0.15) is 0 Å². The van der Waals surface area contributed by atoms with Crippen molar-refractivity contribution in [1.29, 1.82) is 0 Å². The summed E-state index contributed by atoms with van der Waals surface area (Å²) in [4.78, 5) is 38.8. The van der Waals surface area contributed by atoms with E-state index in [9.17, 15) is 14.4 Å². The molecule has 1 unspecified atom stereocenters. The van der Waals surface area contributed by atoms with E-state index in [1.807, 2.05) is 4.90 Å². The predicted octanol–water partition coefficient (Wildman–Crippen LogP) is -1.18. The molecule has 4 rings (SSSR count). The van der Waals surface area contributed by atoms with Gasteiger partial charge >= 0.3 is 5.97 Å². The third-order valence-corrected chi connectivity index (χ3v) is 5.54. The summed E-state index contributed by atoms with van der Waals surface area (Å²) >= 11 is 0. The highest BCUT2D eigenvalue weighted by Gasteiger charge is 2.72. The fourth-order valence-corrected chi connectivity index (χ4v) is 4.35. The maximum absolute atomic E-state index is 12.8. The van der Waals surface area contributed by atoms with Crippen molar-refractivity contribution in [2.75, 3.05) is 20.3 Å². The summed E-state index contributed by atoms with van der Waals surface area (Å²) in [5.41, 5.74) is 5.82. The normalized spacial score (nSPS) is 36.8. The van der Waals surface area contributed by atoms with E-state index in [1.165, 1.54) is 6.92 Å². The SMILES string of the molecule is COC12[C@H](COC(C)=O)C3=C(C(=O)C(C)=C(N)C3=O)N1C[C@@H]1N[C@@H]12. The highest BCUT2D eigenvalue weighted by Crippen LogP contribution is 2.55. The van der Waals surface area contributed by atoms with Crippen molar-refractivity contribution in [2.24, 2.45) is 11.7 Å². The van der Waals surface area contributed by atoms with Gasteiger partial charge in [-0.05, 0) is 6.92 Å². The highest BCUT2D eigenvalue weighted by molar-refractivity contribution is 6.25. The maximum Gasteiger partial charge on any atom is 0.302 e. The Kier molecular flexibility index (Phi) is 2.99. The van der Waals surface area contributed by atoms with Crippen LogP contribution in [0.25, 0.3) is 0 Å². The third-order valence-electron chi connectivity index (χ3n) is 5.54. The van der Waals surface area contributed by atoms with Crippen LogP contribution in [0.5, 0.6) is 0 Å². The second-order valence-corrected chi connectivity index (χ2v) is 6.63. The molecule has 24 heavy (non-hydrogen) atoms. The minimum Gasteiger partial charge on any atom is -0.465 e. The summed E-state index contributed by atoms with van der Waals surface area (Å²) in [5, 5.41) is 3.31. The molecule has 0 spiro atoms. The van der Waals surface area contributed by atoms with E-state index in [2.05, 4.69) is 5.32 Å². The number of rotatable bonds is 3. The number of carbonyl (C=O) groups is 3. The first-order chi connectivity index (χ1) is 11.3. The lowest BCUT2D eigenvalue weighted by atomic mass is 9.82. The van der Waals surface area contributed by atoms with E-state index in [-0.39, 0.29) is 41.5 Å². The molecule has 8 heteroatoms. The number of ketones is 2. The molecule has 4 aliphatic rings. The molecule has 0 aromatic heterocycles. The first-order valence-electron chi connectivity index (χ1n) is 7.86. The van der Waals surface area contributed by atoms with Gasteiger partial charge in [0.25, 0.3) is 0 Å². The highest BCUT2D eigenvalue weighted by atomic mass is 16.5. The van der Waals surface area contributed by atoms with Crippen LogP contribution in [0.2, 0.25) is 0 Å². The minimum atomic E-state index is -0.902. The number of nitrogens with two attached hydrogens (primary N) is 1. The van der Waals surface area contributed by atoms with Crippen molar-refractivity contribution in [3.05, 3.63) is 22.5 Å². The number of methoxy groups -OCH3 is 1. The third kappa shape index (κ3) is 1.62. The Labute approximate surface area is 138 Å². The smallest absolute Gasteiger partial charge is 0.302 e. The first kappa shape index (κ1) is 15.3. The summed E-state index contributed by atoms with van der Waals surface area (Å²) in [7, 11) is 1.55. The van der Waals surface area contributed by atoms with E-state index in [0.29, 0.717) is 17.8 Å². The van der Waals surface area contributed by atoms with Gasteiger partial charge in [0.15, 0.2) is 5.72 Å². The molecule has 0 amide bonds. The zero-order valence-corrected chi connectivity index (χ0v) is 13.7. The molecular formula is C16H19N3O5. The van der Waals surface area contributed by atoms with Gasteiger partial charge in [0.2, 0.25) is 11.6 Å². The van der Waals surface area contributed by atoms with Crippen molar-refractivity contribution < 1.29 is 23.9 Å². The number of nitrogens with zero attached hydrogens (tertiary/aromatic N) is 1. The number of piperazine rings is 1. The average molecular weight is 333 g/mol. The van der Waals surface area contributed by atoms with Crippen LogP contribution in [0.1, 0.15) is 13.8 Å². The number of hydrogen-bond acceptors (Lipinski definition) is 8. The summed E-state index contributed by atoms with van der Waals surface area (Å²) in [6.07, 6.45) is 0. The van der Waals surface area contributed by atoms with Crippen LogP contribution >= 0.6 is 0 Å². The molecule has 3 aliphatic heterocycles. The number of hydrogen-bond donors (Lipinski definition) is 2. The Morgan fingerprint density at radius 3 is 2.75 bits per heavy atom. The van der Waals surface area contributed by atoms with Crippen LogP contribution in [-0.2, 0) is 23.9 Å². The molecule has 0 saturated carbocycles. The Morgan fingerprint density at radius 1 is 1.42 bits per heavy atom. The molecule has 0 bridgehead atoms. The average Bonchev–Trinajstić information content (AvgIpc) is 3.16. The van der Waals surface area contributed by atoms with Crippen molar-refractivity contribution in [3.8, 4) is 0 Å². The Morgan fingerprint density at radius 2 is 2.12 bits per heavy atom. The van der Waals surface area contributed by atoms with Gasteiger partial charge in [-0.15, -0.1) is 0 Å². The van der Waals surface area contributed by atoms with Crippen LogP contribution in [0.15, 0.2) is 22.5 Å². The number of allylic oxidation sites excluding steroid dienone is 2. The first-order valence-corrected chi connectivity index (χ1v) is 7.86. The lowest BCUT2D eigenvalue weighted by molar-refractivity contribution is -0.156. The zero-order valence-electron chi connectivity index (χ0n) is 13.7. The van der Waals surface area contributed by atoms with Gasteiger partial charge in [-0.25, -0.2) is 0 Å². The fourth-order valence-electron chi connectivity index (χ4n) is 4.35. The van der Waals surface area contributed by atoms with Crippen LogP contribution in [0.4, 0.5) is 0 Å². The second-order valence-electron chi connectivity index (χ2n) is 6.63. The number of fused-ring (bicyclic) bond motifs is 4. The Balaban J connectivity index is 1.85. The number of ether oxygens (including phenoxy) is 2. The van der Waals surface area contributed by atoms with Crippen molar-refractivity contribution in [3.63, 3.8) is 0 Å². The summed E-state index contributed by atoms with van der Waals surface area (Å²) < 4.78 is 11.0. The van der Waals surface area contributed by atoms with Crippen molar-refractivity contribution in [1.82, 2.24) is 10.2 Å².